The van der Waals surface area contributed by atoms with Crippen molar-refractivity contribution in [1.29, 1.82) is 10.5 Å². The Morgan fingerprint density at radius 1 is 0.854 bits per heavy atom. The summed E-state index contributed by atoms with van der Waals surface area (Å²) in [7, 11) is 2.80. The van der Waals surface area contributed by atoms with Crippen LogP contribution in [0.1, 0.15) is 54.1 Å². The molecule has 2 atom stereocenters. The second kappa shape index (κ2) is 15.8. The van der Waals surface area contributed by atoms with Gasteiger partial charge in [0.05, 0.1) is 78.4 Å². The molecule has 2 unspecified atom stereocenters. The lowest BCUT2D eigenvalue weighted by Crippen LogP contribution is -2.30. The summed E-state index contributed by atoms with van der Waals surface area (Å²) < 4.78 is 26.7. The van der Waals surface area contributed by atoms with Crippen LogP contribution in [0.15, 0.2) is 93.2 Å². The number of hydrogen-bond donors (Lipinski definition) is 2. The SMILES string of the molecule is CCOC(=O)C1=C(C)NC(SCC2=C(C(=O)OCC)C(c3ccc(OC)cc3)C(C#N)=C(N)O2)=C(C#N)C1c1ccc(C(=O)OC)cc1. The number of carbonyl (C=O) groups excluding carboxylic acids is 3. The largest absolute Gasteiger partial charge is 0.497 e. The van der Waals surface area contributed by atoms with Crippen molar-refractivity contribution in [2.75, 3.05) is 33.2 Å². The Hall–Kier alpha value is -5.66. The number of esters is 3. The molecule has 0 saturated carbocycles. The topological polar surface area (TPSA) is 183 Å². The Morgan fingerprint density at radius 2 is 1.40 bits per heavy atom. The zero-order valence-corrected chi connectivity index (χ0v) is 27.9. The van der Waals surface area contributed by atoms with Crippen molar-refractivity contribution in [3.63, 3.8) is 0 Å². The molecule has 48 heavy (non-hydrogen) atoms. The maximum atomic E-state index is 13.5. The second-order valence-electron chi connectivity index (χ2n) is 10.3. The molecule has 2 aromatic rings. The van der Waals surface area contributed by atoms with Crippen LogP contribution in [0.2, 0.25) is 0 Å². The zero-order valence-electron chi connectivity index (χ0n) is 27.0. The Kier molecular flexibility index (Phi) is 11.6. The van der Waals surface area contributed by atoms with E-state index in [2.05, 4.69) is 17.5 Å². The zero-order chi connectivity index (χ0) is 35.0. The summed E-state index contributed by atoms with van der Waals surface area (Å²) in [6.07, 6.45) is 0. The first kappa shape index (κ1) is 35.2. The van der Waals surface area contributed by atoms with Gasteiger partial charge < -0.3 is 34.7 Å². The second-order valence-corrected chi connectivity index (χ2v) is 11.3. The van der Waals surface area contributed by atoms with E-state index in [0.717, 1.165) is 11.8 Å². The molecular formula is C35H34N4O8S. The van der Waals surface area contributed by atoms with Crippen LogP contribution in [0.5, 0.6) is 5.75 Å². The molecule has 13 heteroatoms. The number of benzene rings is 2. The predicted molar refractivity (Wildman–Crippen MR) is 175 cm³/mol. The molecular weight excluding hydrogens is 636 g/mol. The number of allylic oxidation sites excluding steroid dienone is 3. The number of ether oxygens (including phenoxy) is 5. The number of nitrogens with one attached hydrogen (secondary N) is 1. The molecule has 2 aliphatic heterocycles. The van der Waals surface area contributed by atoms with Crippen molar-refractivity contribution in [1.82, 2.24) is 5.32 Å². The quantitative estimate of drug-likeness (QED) is 0.246. The van der Waals surface area contributed by atoms with Gasteiger partial charge in [0.2, 0.25) is 5.88 Å². The smallest absolute Gasteiger partial charge is 0.338 e. The highest BCUT2D eigenvalue weighted by atomic mass is 32.2. The van der Waals surface area contributed by atoms with Gasteiger partial charge in [-0.3, -0.25) is 0 Å². The highest BCUT2D eigenvalue weighted by molar-refractivity contribution is 8.03. The lowest BCUT2D eigenvalue weighted by atomic mass is 9.82. The van der Waals surface area contributed by atoms with E-state index in [1.807, 2.05) is 0 Å². The van der Waals surface area contributed by atoms with E-state index >= 15 is 0 Å². The van der Waals surface area contributed by atoms with Gasteiger partial charge in [-0.25, -0.2) is 14.4 Å². The van der Waals surface area contributed by atoms with Crippen LogP contribution in [-0.2, 0) is 28.5 Å². The lowest BCUT2D eigenvalue weighted by Gasteiger charge is -2.31. The van der Waals surface area contributed by atoms with E-state index in [4.69, 9.17) is 29.4 Å². The first-order valence-corrected chi connectivity index (χ1v) is 15.8. The molecule has 0 bridgehead atoms. The number of nitrogens with two attached hydrogens (primary N) is 1. The number of carbonyl (C=O) groups is 3. The van der Waals surface area contributed by atoms with Crippen LogP contribution < -0.4 is 15.8 Å². The van der Waals surface area contributed by atoms with Gasteiger partial charge in [-0.15, -0.1) is 0 Å². The van der Waals surface area contributed by atoms with Gasteiger partial charge in [0.25, 0.3) is 0 Å². The van der Waals surface area contributed by atoms with E-state index in [1.165, 1.54) is 14.2 Å². The Balaban J connectivity index is 1.81. The summed E-state index contributed by atoms with van der Waals surface area (Å²) in [5.41, 5.74) is 8.70. The minimum absolute atomic E-state index is 0.0102. The summed E-state index contributed by atoms with van der Waals surface area (Å²) in [6.45, 7) is 5.23. The van der Waals surface area contributed by atoms with Crippen LogP contribution in [-0.4, -0.2) is 51.1 Å². The van der Waals surface area contributed by atoms with Crippen molar-refractivity contribution in [3.05, 3.63) is 110 Å². The fraction of sp³-hybridized carbons (Fsp3) is 0.286. The summed E-state index contributed by atoms with van der Waals surface area (Å²) >= 11 is 1.14. The van der Waals surface area contributed by atoms with Crippen LogP contribution in [0.4, 0.5) is 0 Å². The van der Waals surface area contributed by atoms with Crippen LogP contribution in [0, 0.1) is 22.7 Å². The molecule has 2 aromatic carbocycles. The van der Waals surface area contributed by atoms with Gasteiger partial charge in [-0.2, -0.15) is 10.5 Å². The minimum Gasteiger partial charge on any atom is -0.497 e. The lowest BCUT2D eigenvalue weighted by molar-refractivity contribution is -0.139. The number of nitrogens with zero attached hydrogens (tertiary/aromatic N) is 2. The summed E-state index contributed by atoms with van der Waals surface area (Å²) in [5.74, 6) is -3.03. The highest BCUT2D eigenvalue weighted by Crippen LogP contribution is 2.44. The standard InChI is InChI=1S/C35H34N4O8S/c1-6-45-34(41)27-19(3)39-32(25(17-37)29(27)20-8-10-22(11-9-20)33(40)44-5)48-18-26-30(35(42)46-7-2)28(24(16-36)31(38)47-26)21-12-14-23(43-4)15-13-21/h8-15,28-29,39H,6-7,18,38H2,1-5H3. The summed E-state index contributed by atoms with van der Waals surface area (Å²) in [5, 5.41) is 24.1. The van der Waals surface area contributed by atoms with Gasteiger partial charge in [-0.1, -0.05) is 36.0 Å². The van der Waals surface area contributed by atoms with Crippen molar-refractivity contribution < 1.29 is 38.1 Å². The minimum atomic E-state index is -0.897. The molecule has 248 valence electrons. The van der Waals surface area contributed by atoms with Gasteiger partial charge in [0, 0.05) is 5.70 Å². The van der Waals surface area contributed by atoms with Crippen LogP contribution in [0.3, 0.4) is 0 Å². The number of nitriles is 2. The number of methoxy groups -OCH3 is 2. The Bertz CT molecular complexity index is 1810. The van der Waals surface area contributed by atoms with E-state index in [-0.39, 0.29) is 52.9 Å². The van der Waals surface area contributed by atoms with Crippen molar-refractivity contribution in [2.24, 2.45) is 5.73 Å². The third-order valence-electron chi connectivity index (χ3n) is 7.60. The molecule has 3 N–H and O–H groups in total. The number of thioether (sulfide) groups is 1. The number of dihydropyridines is 1. The van der Waals surface area contributed by atoms with Gasteiger partial charge in [0.15, 0.2) is 0 Å². The van der Waals surface area contributed by atoms with E-state index in [0.29, 0.717) is 33.2 Å². The van der Waals surface area contributed by atoms with Crippen LogP contribution >= 0.6 is 11.8 Å². The summed E-state index contributed by atoms with van der Waals surface area (Å²) in [6, 6.07) is 17.6. The molecule has 0 amide bonds. The van der Waals surface area contributed by atoms with Crippen molar-refractivity contribution in [3.8, 4) is 17.9 Å². The van der Waals surface area contributed by atoms with Gasteiger partial charge in [-0.05, 0) is 56.2 Å². The third kappa shape index (κ3) is 7.17. The van der Waals surface area contributed by atoms with E-state index in [9.17, 15) is 24.9 Å². The fourth-order valence-corrected chi connectivity index (χ4v) is 6.43. The Labute approximate surface area is 282 Å². The van der Waals surface area contributed by atoms with Gasteiger partial charge in [0.1, 0.15) is 23.2 Å². The third-order valence-corrected chi connectivity index (χ3v) is 8.61. The summed E-state index contributed by atoms with van der Waals surface area (Å²) in [4.78, 5) is 38.8. The monoisotopic (exact) mass is 670 g/mol. The fourth-order valence-electron chi connectivity index (χ4n) is 5.39. The first-order valence-electron chi connectivity index (χ1n) is 14.9. The van der Waals surface area contributed by atoms with Crippen molar-refractivity contribution in [2.45, 2.75) is 32.6 Å². The van der Waals surface area contributed by atoms with Crippen LogP contribution in [0.25, 0.3) is 0 Å². The van der Waals surface area contributed by atoms with Gasteiger partial charge >= 0.3 is 17.9 Å². The first-order chi connectivity index (χ1) is 23.1. The van der Waals surface area contributed by atoms with Crippen molar-refractivity contribution >= 4 is 29.7 Å². The molecule has 0 saturated heterocycles. The Morgan fingerprint density at radius 3 is 1.92 bits per heavy atom. The maximum absolute atomic E-state index is 13.5. The maximum Gasteiger partial charge on any atom is 0.338 e. The van der Waals surface area contributed by atoms with E-state index < -0.39 is 29.7 Å². The molecule has 4 rings (SSSR count). The molecule has 0 spiro atoms. The average molecular weight is 671 g/mol. The molecule has 2 aliphatic rings. The molecule has 0 fully saturated rings. The highest BCUT2D eigenvalue weighted by Gasteiger charge is 2.39. The number of rotatable bonds is 11. The average Bonchev–Trinajstić information content (AvgIpc) is 3.09. The number of hydrogen-bond acceptors (Lipinski definition) is 13. The van der Waals surface area contributed by atoms with E-state index in [1.54, 1.807) is 69.3 Å². The normalized spacial score (nSPS) is 17.5. The molecule has 0 radical (unpaired) electrons. The molecule has 2 heterocycles. The molecule has 0 aliphatic carbocycles. The molecule has 0 aromatic heterocycles. The predicted octanol–water partition coefficient (Wildman–Crippen LogP) is 4.80. The molecule has 12 nitrogen and oxygen atoms in total.